The predicted molar refractivity (Wildman–Crippen MR) is 81.6 cm³/mol. The first-order valence-corrected chi connectivity index (χ1v) is 6.91. The highest BCUT2D eigenvalue weighted by Crippen LogP contribution is 2.22. The van der Waals surface area contributed by atoms with Gasteiger partial charge in [-0.2, -0.15) is 0 Å². The maximum atomic E-state index is 12.0. The Kier molecular flexibility index (Phi) is 4.65. The van der Waals surface area contributed by atoms with Gasteiger partial charge in [0.05, 0.1) is 13.1 Å². The van der Waals surface area contributed by atoms with Crippen LogP contribution >= 0.6 is 0 Å². The topological polar surface area (TPSA) is 82.4 Å². The van der Waals surface area contributed by atoms with Gasteiger partial charge in [0.2, 0.25) is 0 Å². The number of anilines is 1. The third-order valence-electron chi connectivity index (χ3n) is 3.63. The maximum Gasteiger partial charge on any atom is 0.414 e. The van der Waals surface area contributed by atoms with Crippen LogP contribution in [0, 0.1) is 0 Å². The SMILES string of the molecule is CC(=O)c1ccc(N2CC(CN(C)C(C)=NO)OC2=O)cc1. The minimum absolute atomic E-state index is 0.0196. The Hall–Kier alpha value is -2.57. The zero-order valence-electron chi connectivity index (χ0n) is 12.8. The van der Waals surface area contributed by atoms with Crippen LogP contribution in [0.5, 0.6) is 0 Å². The van der Waals surface area contributed by atoms with E-state index in [-0.39, 0.29) is 11.9 Å². The number of amides is 1. The number of benzene rings is 1. The van der Waals surface area contributed by atoms with Gasteiger partial charge in [-0.15, -0.1) is 0 Å². The van der Waals surface area contributed by atoms with Gasteiger partial charge in [-0.3, -0.25) is 9.69 Å². The number of ketones is 1. The summed E-state index contributed by atoms with van der Waals surface area (Å²) in [5.41, 5.74) is 1.29. The number of hydrogen-bond donors (Lipinski definition) is 1. The Bertz CT molecular complexity index is 597. The zero-order chi connectivity index (χ0) is 16.3. The van der Waals surface area contributed by atoms with E-state index in [1.54, 1.807) is 43.1 Å². The lowest BCUT2D eigenvalue weighted by molar-refractivity contribution is 0.101. The van der Waals surface area contributed by atoms with Crippen molar-refractivity contribution in [3.63, 3.8) is 0 Å². The molecule has 22 heavy (non-hydrogen) atoms. The van der Waals surface area contributed by atoms with Crippen LogP contribution in [0.1, 0.15) is 24.2 Å². The van der Waals surface area contributed by atoms with E-state index < -0.39 is 6.09 Å². The molecule has 2 rings (SSSR count). The number of carbonyl (C=O) groups excluding carboxylic acids is 2. The van der Waals surface area contributed by atoms with Gasteiger partial charge >= 0.3 is 6.09 Å². The highest BCUT2D eigenvalue weighted by Gasteiger charge is 2.33. The van der Waals surface area contributed by atoms with Gasteiger partial charge in [-0.1, -0.05) is 5.16 Å². The van der Waals surface area contributed by atoms with E-state index in [9.17, 15) is 9.59 Å². The van der Waals surface area contributed by atoms with E-state index in [0.29, 0.717) is 30.2 Å². The predicted octanol–water partition coefficient (Wildman–Crippen LogP) is 1.95. The van der Waals surface area contributed by atoms with E-state index >= 15 is 0 Å². The molecule has 0 aromatic heterocycles. The Morgan fingerprint density at radius 3 is 2.59 bits per heavy atom. The average Bonchev–Trinajstić information content (AvgIpc) is 2.86. The van der Waals surface area contributed by atoms with Crippen molar-refractivity contribution in [1.29, 1.82) is 0 Å². The molecule has 1 atom stereocenters. The first kappa shape index (κ1) is 15.8. The fraction of sp³-hybridized carbons (Fsp3) is 0.400. The molecule has 7 nitrogen and oxygen atoms in total. The highest BCUT2D eigenvalue weighted by atomic mass is 16.6. The van der Waals surface area contributed by atoms with Crippen LogP contribution in [0.4, 0.5) is 10.5 Å². The molecule has 1 aliphatic rings. The maximum absolute atomic E-state index is 12.0. The summed E-state index contributed by atoms with van der Waals surface area (Å²) in [6.07, 6.45) is -0.741. The summed E-state index contributed by atoms with van der Waals surface area (Å²) in [7, 11) is 1.76. The molecule has 0 aliphatic carbocycles. The smallest absolute Gasteiger partial charge is 0.414 e. The molecule has 1 amide bonds. The van der Waals surface area contributed by atoms with Crippen LogP contribution < -0.4 is 4.90 Å². The number of ether oxygens (including phenoxy) is 1. The van der Waals surface area contributed by atoms with E-state index in [0.717, 1.165) is 0 Å². The number of Topliss-reactive ketones (excluding diaryl/α,β-unsaturated/α-hetero) is 1. The first-order chi connectivity index (χ1) is 10.4. The van der Waals surface area contributed by atoms with Gasteiger partial charge in [0, 0.05) is 18.3 Å². The number of carbonyl (C=O) groups is 2. The fourth-order valence-electron chi connectivity index (χ4n) is 2.22. The first-order valence-electron chi connectivity index (χ1n) is 6.91. The standard InChI is InChI=1S/C15H19N3O4/c1-10(19)12-4-6-13(7-5-12)18-9-14(22-15(18)20)8-17(3)11(2)16-21/h4-7,14,21H,8-9H2,1-3H3. The van der Waals surface area contributed by atoms with Gasteiger partial charge in [-0.05, 0) is 38.1 Å². The molecule has 118 valence electrons. The van der Waals surface area contributed by atoms with E-state index in [2.05, 4.69) is 5.16 Å². The number of oxime groups is 1. The number of rotatable bonds is 4. The van der Waals surface area contributed by atoms with Gasteiger partial charge < -0.3 is 14.8 Å². The molecular weight excluding hydrogens is 286 g/mol. The van der Waals surface area contributed by atoms with Crippen molar-refractivity contribution >= 4 is 23.4 Å². The second kappa shape index (κ2) is 6.46. The van der Waals surface area contributed by atoms with Crippen LogP contribution in [0.2, 0.25) is 0 Å². The second-order valence-corrected chi connectivity index (χ2v) is 5.25. The third kappa shape index (κ3) is 3.36. The monoisotopic (exact) mass is 305 g/mol. The lowest BCUT2D eigenvalue weighted by atomic mass is 10.1. The fourth-order valence-corrected chi connectivity index (χ4v) is 2.22. The van der Waals surface area contributed by atoms with Crippen LogP contribution in [0.3, 0.4) is 0 Å². The quantitative estimate of drug-likeness (QED) is 0.302. The molecule has 1 saturated heterocycles. The summed E-state index contributed by atoms with van der Waals surface area (Å²) < 4.78 is 5.31. The van der Waals surface area contributed by atoms with Crippen molar-refractivity contribution in [2.24, 2.45) is 5.16 Å². The van der Waals surface area contributed by atoms with E-state index in [1.165, 1.54) is 11.8 Å². The molecule has 0 radical (unpaired) electrons. The summed E-state index contributed by atoms with van der Waals surface area (Å²) in [5.74, 6) is 0.425. The number of amidine groups is 1. The molecule has 1 N–H and O–H groups in total. The number of cyclic esters (lactones) is 1. The molecule has 1 unspecified atom stereocenters. The molecule has 7 heteroatoms. The molecule has 1 aromatic rings. The Morgan fingerprint density at radius 2 is 2.05 bits per heavy atom. The summed E-state index contributed by atoms with van der Waals surface area (Å²) >= 11 is 0. The second-order valence-electron chi connectivity index (χ2n) is 5.25. The zero-order valence-corrected chi connectivity index (χ0v) is 12.8. The molecule has 1 fully saturated rings. The van der Waals surface area contributed by atoms with Gasteiger partial charge in [0.25, 0.3) is 0 Å². The molecule has 1 aromatic carbocycles. The van der Waals surface area contributed by atoms with E-state index in [4.69, 9.17) is 9.94 Å². The summed E-state index contributed by atoms with van der Waals surface area (Å²) in [6.45, 7) is 4.00. The summed E-state index contributed by atoms with van der Waals surface area (Å²) in [4.78, 5) is 26.5. The van der Waals surface area contributed by atoms with Crippen molar-refractivity contribution in [2.75, 3.05) is 25.0 Å². The van der Waals surface area contributed by atoms with Gasteiger partial charge in [0.15, 0.2) is 5.78 Å². The molecular formula is C15H19N3O4. The summed E-state index contributed by atoms with van der Waals surface area (Å²) in [5, 5.41) is 11.8. The van der Waals surface area contributed by atoms with Gasteiger partial charge in [0.1, 0.15) is 11.9 Å². The number of nitrogens with zero attached hydrogens (tertiary/aromatic N) is 3. The number of hydrogen-bond acceptors (Lipinski definition) is 5. The minimum Gasteiger partial charge on any atom is -0.442 e. The van der Waals surface area contributed by atoms with Crippen molar-refractivity contribution in [1.82, 2.24) is 4.90 Å². The molecule has 0 spiro atoms. The highest BCUT2D eigenvalue weighted by molar-refractivity contribution is 5.95. The van der Waals surface area contributed by atoms with Crippen molar-refractivity contribution in [2.45, 2.75) is 20.0 Å². The lowest BCUT2D eigenvalue weighted by Gasteiger charge is -2.20. The van der Waals surface area contributed by atoms with Crippen LogP contribution in [-0.4, -0.2) is 54.1 Å². The van der Waals surface area contributed by atoms with Crippen molar-refractivity contribution in [3.8, 4) is 0 Å². The van der Waals surface area contributed by atoms with Crippen molar-refractivity contribution in [3.05, 3.63) is 29.8 Å². The minimum atomic E-state index is -0.424. The third-order valence-corrected chi connectivity index (χ3v) is 3.63. The van der Waals surface area contributed by atoms with Gasteiger partial charge in [-0.25, -0.2) is 4.79 Å². The molecule has 1 heterocycles. The van der Waals surface area contributed by atoms with Crippen LogP contribution in [0.25, 0.3) is 0 Å². The van der Waals surface area contributed by atoms with E-state index in [1.807, 2.05) is 0 Å². The van der Waals surface area contributed by atoms with Crippen LogP contribution in [-0.2, 0) is 4.74 Å². The molecule has 1 aliphatic heterocycles. The van der Waals surface area contributed by atoms with Crippen LogP contribution in [0.15, 0.2) is 29.4 Å². The Balaban J connectivity index is 2.04. The Labute approximate surface area is 128 Å². The molecule has 0 saturated carbocycles. The lowest BCUT2D eigenvalue weighted by Crippen LogP contribution is -2.35. The number of likely N-dealkylation sites (N-methyl/N-ethyl adjacent to an activating group) is 1. The Morgan fingerprint density at radius 1 is 1.41 bits per heavy atom. The normalized spacial score (nSPS) is 18.3. The average molecular weight is 305 g/mol. The molecule has 0 bridgehead atoms. The largest absolute Gasteiger partial charge is 0.442 e. The van der Waals surface area contributed by atoms with Crippen molar-refractivity contribution < 1.29 is 19.5 Å². The summed E-state index contributed by atoms with van der Waals surface area (Å²) in [6, 6.07) is 6.83.